The predicted octanol–water partition coefficient (Wildman–Crippen LogP) is 3.03. The molecule has 2 aromatic rings. The molecule has 1 aromatic carbocycles. The van der Waals surface area contributed by atoms with Crippen LogP contribution in [0.1, 0.15) is 12.5 Å². The summed E-state index contributed by atoms with van der Waals surface area (Å²) in [4.78, 5) is 22.7. The fourth-order valence-corrected chi connectivity index (χ4v) is 2.11. The highest BCUT2D eigenvalue weighted by molar-refractivity contribution is 6.30. The summed E-state index contributed by atoms with van der Waals surface area (Å²) in [6, 6.07) is 4.66. The van der Waals surface area contributed by atoms with E-state index in [2.05, 4.69) is 10.4 Å². The number of carbonyl (C=O) groups excluding carboxylic acids is 1. The van der Waals surface area contributed by atoms with E-state index in [0.717, 1.165) is 5.56 Å². The largest absolute Gasteiger partial charge is 0.320 e. The molecule has 116 valence electrons. The maximum atomic E-state index is 12.2. The van der Waals surface area contributed by atoms with Gasteiger partial charge in [0.2, 0.25) is 5.91 Å². The number of hydrogen-bond donors (Lipinski definition) is 1. The number of anilines is 1. The lowest BCUT2D eigenvalue weighted by Gasteiger charge is -2.12. The van der Waals surface area contributed by atoms with Crippen LogP contribution in [0.3, 0.4) is 0 Å². The van der Waals surface area contributed by atoms with Crippen molar-refractivity contribution in [3.8, 4) is 0 Å². The second-order valence-corrected chi connectivity index (χ2v) is 5.49. The zero-order valence-corrected chi connectivity index (χ0v) is 12.9. The van der Waals surface area contributed by atoms with Crippen LogP contribution in [-0.2, 0) is 11.3 Å². The molecule has 22 heavy (non-hydrogen) atoms. The van der Waals surface area contributed by atoms with Crippen LogP contribution in [-0.4, -0.2) is 20.6 Å². The minimum absolute atomic E-state index is 0.123. The lowest BCUT2D eigenvalue weighted by molar-refractivity contribution is -0.384. The van der Waals surface area contributed by atoms with Gasteiger partial charge in [-0.2, -0.15) is 5.10 Å². The molecule has 0 aliphatic heterocycles. The maximum absolute atomic E-state index is 12.2. The monoisotopic (exact) mass is 322 g/mol. The Hall–Kier alpha value is -2.41. The van der Waals surface area contributed by atoms with Gasteiger partial charge in [0.15, 0.2) is 0 Å². The third-order valence-electron chi connectivity index (χ3n) is 3.12. The second-order valence-electron chi connectivity index (χ2n) is 5.05. The number of nitro benzene ring substituents is 1. The quantitative estimate of drug-likeness (QED) is 0.676. The molecule has 1 aromatic heterocycles. The molecule has 0 radical (unpaired) electrons. The molecule has 0 spiro atoms. The molecular formula is C14H15ClN4O3. The van der Waals surface area contributed by atoms with Crippen molar-refractivity contribution in [2.24, 2.45) is 5.92 Å². The van der Waals surface area contributed by atoms with E-state index in [1.807, 2.05) is 0 Å². The fourth-order valence-electron chi connectivity index (χ4n) is 1.96. The summed E-state index contributed by atoms with van der Waals surface area (Å²) >= 11 is 5.76. The highest BCUT2D eigenvalue weighted by atomic mass is 35.5. The van der Waals surface area contributed by atoms with Gasteiger partial charge in [0.25, 0.3) is 5.69 Å². The standard InChI is InChI=1S/C14H15ClN4O3/c1-9-3-4-12(13(5-9)19(21)22)17-14(20)10(2)7-18-8-11(15)6-16-18/h3-6,8,10H,7H2,1-2H3,(H,17,20). The minimum atomic E-state index is -0.513. The Kier molecular flexibility index (Phi) is 4.77. The van der Waals surface area contributed by atoms with Crippen LogP contribution in [0.5, 0.6) is 0 Å². The van der Waals surface area contributed by atoms with Crippen LogP contribution in [0, 0.1) is 23.0 Å². The van der Waals surface area contributed by atoms with Crippen LogP contribution >= 0.6 is 11.6 Å². The molecule has 1 unspecified atom stereocenters. The summed E-state index contributed by atoms with van der Waals surface area (Å²) in [5.41, 5.74) is 0.817. The van der Waals surface area contributed by atoms with Crippen molar-refractivity contribution in [1.82, 2.24) is 9.78 Å². The number of nitro groups is 1. The maximum Gasteiger partial charge on any atom is 0.293 e. The van der Waals surface area contributed by atoms with E-state index in [1.165, 1.54) is 18.3 Å². The number of benzene rings is 1. The van der Waals surface area contributed by atoms with Gasteiger partial charge in [-0.1, -0.05) is 24.6 Å². The molecule has 2 rings (SSSR count). The van der Waals surface area contributed by atoms with Crippen LogP contribution in [0.25, 0.3) is 0 Å². The number of halogens is 1. The van der Waals surface area contributed by atoms with E-state index in [1.54, 1.807) is 30.8 Å². The number of aromatic nitrogens is 2. The van der Waals surface area contributed by atoms with Gasteiger partial charge in [-0.15, -0.1) is 0 Å². The zero-order chi connectivity index (χ0) is 16.3. The molecule has 8 heteroatoms. The molecule has 1 N–H and O–H groups in total. The molecule has 1 amide bonds. The highest BCUT2D eigenvalue weighted by Gasteiger charge is 2.20. The highest BCUT2D eigenvalue weighted by Crippen LogP contribution is 2.25. The Balaban J connectivity index is 2.09. The first-order valence-electron chi connectivity index (χ1n) is 6.60. The Morgan fingerprint density at radius 3 is 2.86 bits per heavy atom. The normalized spacial score (nSPS) is 12.0. The summed E-state index contributed by atoms with van der Waals surface area (Å²) in [5.74, 6) is -0.740. The molecule has 0 saturated heterocycles. The first kappa shape index (κ1) is 16.0. The summed E-state index contributed by atoms with van der Waals surface area (Å²) in [5, 5.41) is 18.1. The molecule has 1 atom stereocenters. The van der Waals surface area contributed by atoms with Gasteiger partial charge in [-0.05, 0) is 18.6 Å². The summed E-state index contributed by atoms with van der Waals surface area (Å²) < 4.78 is 1.55. The summed E-state index contributed by atoms with van der Waals surface area (Å²) in [6.07, 6.45) is 3.09. The van der Waals surface area contributed by atoms with E-state index < -0.39 is 10.8 Å². The van der Waals surface area contributed by atoms with Gasteiger partial charge < -0.3 is 5.32 Å². The van der Waals surface area contributed by atoms with Crippen molar-refractivity contribution in [1.29, 1.82) is 0 Å². The SMILES string of the molecule is Cc1ccc(NC(=O)C(C)Cn2cc(Cl)cn2)c([N+](=O)[O-])c1. The van der Waals surface area contributed by atoms with Gasteiger partial charge in [-0.3, -0.25) is 19.6 Å². The molecular weight excluding hydrogens is 308 g/mol. The Labute approximate surface area is 132 Å². The number of aryl methyl sites for hydroxylation is 1. The first-order valence-corrected chi connectivity index (χ1v) is 6.98. The lowest BCUT2D eigenvalue weighted by Crippen LogP contribution is -2.25. The van der Waals surface area contributed by atoms with Crippen LogP contribution in [0.15, 0.2) is 30.6 Å². The van der Waals surface area contributed by atoms with Gasteiger partial charge >= 0.3 is 0 Å². The molecule has 7 nitrogen and oxygen atoms in total. The molecule has 0 fully saturated rings. The molecule has 0 aliphatic rings. The third kappa shape index (κ3) is 3.82. The van der Waals surface area contributed by atoms with E-state index in [-0.39, 0.29) is 17.3 Å². The van der Waals surface area contributed by atoms with Crippen LogP contribution in [0.2, 0.25) is 5.02 Å². The van der Waals surface area contributed by atoms with Crippen molar-refractivity contribution < 1.29 is 9.72 Å². The van der Waals surface area contributed by atoms with Crippen molar-refractivity contribution in [2.75, 3.05) is 5.32 Å². The number of hydrogen-bond acceptors (Lipinski definition) is 4. The fraction of sp³-hybridized carbons (Fsp3) is 0.286. The van der Waals surface area contributed by atoms with Crippen molar-refractivity contribution in [3.63, 3.8) is 0 Å². The van der Waals surface area contributed by atoms with Crippen LogP contribution < -0.4 is 5.32 Å². The number of nitrogens with one attached hydrogen (secondary N) is 1. The topological polar surface area (TPSA) is 90.1 Å². The Morgan fingerprint density at radius 1 is 1.55 bits per heavy atom. The molecule has 0 bridgehead atoms. The smallest absolute Gasteiger partial charge is 0.293 e. The third-order valence-corrected chi connectivity index (χ3v) is 3.31. The number of nitrogens with zero attached hydrogens (tertiary/aromatic N) is 3. The Bertz CT molecular complexity index is 714. The van der Waals surface area contributed by atoms with Crippen LogP contribution in [0.4, 0.5) is 11.4 Å². The van der Waals surface area contributed by atoms with Gasteiger partial charge in [0.05, 0.1) is 28.6 Å². The molecule has 1 heterocycles. The summed E-state index contributed by atoms with van der Waals surface area (Å²) in [6.45, 7) is 3.80. The Morgan fingerprint density at radius 2 is 2.27 bits per heavy atom. The van der Waals surface area contributed by atoms with Gasteiger partial charge in [-0.25, -0.2) is 0 Å². The minimum Gasteiger partial charge on any atom is -0.320 e. The van der Waals surface area contributed by atoms with Crippen molar-refractivity contribution in [2.45, 2.75) is 20.4 Å². The van der Waals surface area contributed by atoms with E-state index in [0.29, 0.717) is 11.6 Å². The van der Waals surface area contributed by atoms with E-state index >= 15 is 0 Å². The van der Waals surface area contributed by atoms with Crippen molar-refractivity contribution >= 4 is 28.9 Å². The van der Waals surface area contributed by atoms with Gasteiger partial charge in [0, 0.05) is 12.3 Å². The second kappa shape index (κ2) is 6.57. The van der Waals surface area contributed by atoms with E-state index in [9.17, 15) is 14.9 Å². The average Bonchev–Trinajstić information content (AvgIpc) is 2.85. The number of carbonyl (C=O) groups is 1. The van der Waals surface area contributed by atoms with E-state index in [4.69, 9.17) is 11.6 Å². The van der Waals surface area contributed by atoms with Crippen molar-refractivity contribution in [3.05, 3.63) is 51.3 Å². The zero-order valence-electron chi connectivity index (χ0n) is 12.1. The predicted molar refractivity (Wildman–Crippen MR) is 82.9 cm³/mol. The average molecular weight is 323 g/mol. The first-order chi connectivity index (χ1) is 10.4. The number of rotatable bonds is 5. The summed E-state index contributed by atoms with van der Waals surface area (Å²) in [7, 11) is 0. The lowest BCUT2D eigenvalue weighted by atomic mass is 10.1. The molecule has 0 saturated carbocycles. The molecule has 0 aliphatic carbocycles. The van der Waals surface area contributed by atoms with Gasteiger partial charge in [0.1, 0.15) is 5.69 Å². The number of amides is 1.